The van der Waals surface area contributed by atoms with Gasteiger partial charge in [-0.25, -0.2) is 14.4 Å². The summed E-state index contributed by atoms with van der Waals surface area (Å²) in [6, 6.07) is 15.7. The van der Waals surface area contributed by atoms with Gasteiger partial charge in [0.25, 0.3) is 0 Å². The van der Waals surface area contributed by atoms with E-state index in [1.807, 2.05) is 54.6 Å². The number of esters is 1. The van der Waals surface area contributed by atoms with E-state index in [9.17, 15) is 14.4 Å². The minimum absolute atomic E-state index is 0.0788. The van der Waals surface area contributed by atoms with Gasteiger partial charge in [0.05, 0.1) is 6.54 Å². The molecule has 0 spiro atoms. The van der Waals surface area contributed by atoms with Crippen LogP contribution in [0.3, 0.4) is 0 Å². The minimum atomic E-state index is -1.20. The maximum Gasteiger partial charge on any atom is 0.412 e. The standard InChI is InChI=1S/C19H18N2O5/c20-18(23)26-17(22)16-10-14-8-4-5-9-15(14)11-21(16)19(24)25-12-13-6-2-1-3-7-13/h1-9,16H,10-12H2,(H2,20,23). The summed E-state index contributed by atoms with van der Waals surface area (Å²) in [7, 11) is 0. The van der Waals surface area contributed by atoms with Gasteiger partial charge in [-0.05, 0) is 16.7 Å². The molecule has 0 aromatic heterocycles. The smallest absolute Gasteiger partial charge is 0.412 e. The first kappa shape index (κ1) is 17.5. The monoisotopic (exact) mass is 354 g/mol. The van der Waals surface area contributed by atoms with Crippen molar-refractivity contribution in [1.82, 2.24) is 4.90 Å². The molecule has 1 atom stereocenters. The van der Waals surface area contributed by atoms with Crippen molar-refractivity contribution in [2.45, 2.75) is 25.6 Å². The molecule has 0 fully saturated rings. The zero-order valence-corrected chi connectivity index (χ0v) is 14.0. The zero-order chi connectivity index (χ0) is 18.5. The Kier molecular flexibility index (Phi) is 5.17. The summed E-state index contributed by atoms with van der Waals surface area (Å²) in [5, 5.41) is 0. The molecule has 0 saturated heterocycles. The molecule has 7 nitrogen and oxygen atoms in total. The number of ether oxygens (including phenoxy) is 2. The predicted octanol–water partition coefficient (Wildman–Crippen LogP) is 2.37. The number of hydrogen-bond donors (Lipinski definition) is 1. The van der Waals surface area contributed by atoms with E-state index >= 15 is 0 Å². The van der Waals surface area contributed by atoms with Gasteiger partial charge in [0.1, 0.15) is 12.6 Å². The van der Waals surface area contributed by atoms with Crippen LogP contribution in [0.1, 0.15) is 16.7 Å². The van der Waals surface area contributed by atoms with Gasteiger partial charge in [0.15, 0.2) is 0 Å². The van der Waals surface area contributed by atoms with E-state index in [1.165, 1.54) is 4.90 Å². The van der Waals surface area contributed by atoms with Crippen LogP contribution in [0.5, 0.6) is 0 Å². The highest BCUT2D eigenvalue weighted by atomic mass is 16.6. The number of primary amides is 1. The van der Waals surface area contributed by atoms with Crippen molar-refractivity contribution in [3.63, 3.8) is 0 Å². The maximum atomic E-state index is 12.6. The number of hydrogen-bond acceptors (Lipinski definition) is 5. The Morgan fingerprint density at radius 1 is 1.00 bits per heavy atom. The number of nitrogens with two attached hydrogens (primary N) is 1. The molecule has 2 aromatic rings. The number of benzene rings is 2. The van der Waals surface area contributed by atoms with E-state index in [1.54, 1.807) is 0 Å². The van der Waals surface area contributed by atoms with Crippen molar-refractivity contribution >= 4 is 18.2 Å². The van der Waals surface area contributed by atoms with Crippen LogP contribution in [0.25, 0.3) is 0 Å². The van der Waals surface area contributed by atoms with Crippen molar-refractivity contribution in [2.75, 3.05) is 0 Å². The SMILES string of the molecule is NC(=O)OC(=O)C1Cc2ccccc2CN1C(=O)OCc1ccccc1. The molecule has 1 aliphatic rings. The van der Waals surface area contributed by atoms with Crippen LogP contribution in [0, 0.1) is 0 Å². The highest BCUT2D eigenvalue weighted by molar-refractivity contribution is 5.89. The third-order valence-corrected chi connectivity index (χ3v) is 4.16. The van der Waals surface area contributed by atoms with E-state index < -0.39 is 24.2 Å². The Morgan fingerprint density at radius 3 is 2.35 bits per heavy atom. The average molecular weight is 354 g/mol. The summed E-state index contributed by atoms with van der Waals surface area (Å²) in [5.41, 5.74) is 7.58. The van der Waals surface area contributed by atoms with Gasteiger partial charge in [-0.1, -0.05) is 54.6 Å². The number of nitrogens with zero attached hydrogens (tertiary/aromatic N) is 1. The summed E-state index contributed by atoms with van der Waals surface area (Å²) in [6.07, 6.45) is -1.64. The van der Waals surface area contributed by atoms with Crippen molar-refractivity contribution in [2.24, 2.45) is 5.73 Å². The molecule has 1 unspecified atom stereocenters. The van der Waals surface area contributed by atoms with E-state index in [0.717, 1.165) is 16.7 Å². The quantitative estimate of drug-likeness (QED) is 0.674. The van der Waals surface area contributed by atoms with Crippen LogP contribution in [0.15, 0.2) is 54.6 Å². The van der Waals surface area contributed by atoms with Crippen molar-refractivity contribution in [1.29, 1.82) is 0 Å². The van der Waals surface area contributed by atoms with Gasteiger partial charge in [-0.15, -0.1) is 0 Å². The van der Waals surface area contributed by atoms with Crippen LogP contribution in [-0.4, -0.2) is 29.1 Å². The lowest BCUT2D eigenvalue weighted by atomic mass is 9.94. The second-order valence-electron chi connectivity index (χ2n) is 5.90. The lowest BCUT2D eigenvalue weighted by Crippen LogP contribution is -2.50. The van der Waals surface area contributed by atoms with Crippen molar-refractivity contribution in [3.05, 3.63) is 71.3 Å². The van der Waals surface area contributed by atoms with Gasteiger partial charge in [-0.3, -0.25) is 4.90 Å². The molecule has 3 rings (SSSR count). The van der Waals surface area contributed by atoms with Gasteiger partial charge < -0.3 is 15.2 Å². The molecule has 7 heteroatoms. The van der Waals surface area contributed by atoms with Crippen LogP contribution in [-0.2, 0) is 33.8 Å². The van der Waals surface area contributed by atoms with E-state index in [4.69, 9.17) is 10.5 Å². The fraction of sp³-hybridized carbons (Fsp3) is 0.211. The highest BCUT2D eigenvalue weighted by Crippen LogP contribution is 2.25. The van der Waals surface area contributed by atoms with Gasteiger partial charge in [0, 0.05) is 6.42 Å². The lowest BCUT2D eigenvalue weighted by molar-refractivity contribution is -0.143. The minimum Gasteiger partial charge on any atom is -0.445 e. The van der Waals surface area contributed by atoms with E-state index in [-0.39, 0.29) is 19.6 Å². The third-order valence-electron chi connectivity index (χ3n) is 4.16. The first-order valence-corrected chi connectivity index (χ1v) is 8.10. The summed E-state index contributed by atoms with van der Waals surface area (Å²) >= 11 is 0. The van der Waals surface area contributed by atoms with Crippen LogP contribution >= 0.6 is 0 Å². The number of carbonyl (C=O) groups excluding carboxylic acids is 3. The number of fused-ring (bicyclic) bond motifs is 1. The fourth-order valence-corrected chi connectivity index (χ4v) is 2.89. The lowest BCUT2D eigenvalue weighted by Gasteiger charge is -2.34. The zero-order valence-electron chi connectivity index (χ0n) is 14.0. The average Bonchev–Trinajstić information content (AvgIpc) is 2.65. The molecule has 1 heterocycles. The first-order chi connectivity index (χ1) is 12.5. The third kappa shape index (κ3) is 4.00. The largest absolute Gasteiger partial charge is 0.445 e. The molecule has 0 saturated carbocycles. The number of amides is 2. The maximum absolute atomic E-state index is 12.6. The molecule has 1 aliphatic heterocycles. The molecule has 2 N–H and O–H groups in total. The molecular formula is C19H18N2O5. The normalized spacial score (nSPS) is 15.7. The molecule has 26 heavy (non-hydrogen) atoms. The Hall–Kier alpha value is -3.35. The van der Waals surface area contributed by atoms with Gasteiger partial charge in [-0.2, -0.15) is 0 Å². The summed E-state index contributed by atoms with van der Waals surface area (Å²) in [6.45, 7) is 0.262. The summed E-state index contributed by atoms with van der Waals surface area (Å²) in [4.78, 5) is 37.0. The Balaban J connectivity index is 1.77. The second-order valence-corrected chi connectivity index (χ2v) is 5.90. The summed E-state index contributed by atoms with van der Waals surface area (Å²) in [5.74, 6) is -0.872. The number of carbonyl (C=O) groups is 3. The van der Waals surface area contributed by atoms with Gasteiger partial charge in [0.2, 0.25) is 0 Å². The van der Waals surface area contributed by atoms with Crippen molar-refractivity contribution in [3.8, 4) is 0 Å². The number of rotatable bonds is 3. The van der Waals surface area contributed by atoms with Crippen LogP contribution in [0.2, 0.25) is 0 Å². The van der Waals surface area contributed by atoms with E-state index in [2.05, 4.69) is 4.74 Å². The summed E-state index contributed by atoms with van der Waals surface area (Å²) < 4.78 is 9.83. The molecule has 0 radical (unpaired) electrons. The molecule has 2 amide bonds. The Morgan fingerprint density at radius 2 is 1.65 bits per heavy atom. The highest BCUT2D eigenvalue weighted by Gasteiger charge is 2.37. The molecule has 2 aromatic carbocycles. The molecule has 0 bridgehead atoms. The van der Waals surface area contributed by atoms with Crippen LogP contribution < -0.4 is 5.73 Å². The van der Waals surface area contributed by atoms with E-state index in [0.29, 0.717) is 0 Å². The molecule has 0 aliphatic carbocycles. The Labute approximate surface area is 150 Å². The van der Waals surface area contributed by atoms with Crippen LogP contribution in [0.4, 0.5) is 9.59 Å². The molecule has 134 valence electrons. The second kappa shape index (κ2) is 7.69. The topological polar surface area (TPSA) is 98.9 Å². The van der Waals surface area contributed by atoms with Crippen molar-refractivity contribution < 1.29 is 23.9 Å². The predicted molar refractivity (Wildman–Crippen MR) is 91.8 cm³/mol. The van der Waals surface area contributed by atoms with Gasteiger partial charge >= 0.3 is 18.2 Å². The fourth-order valence-electron chi connectivity index (χ4n) is 2.89. The molecular weight excluding hydrogens is 336 g/mol. The first-order valence-electron chi connectivity index (χ1n) is 8.10. The Bertz CT molecular complexity index is 822.